The summed E-state index contributed by atoms with van der Waals surface area (Å²) in [6.45, 7) is 8.10. The zero-order valence-electron chi connectivity index (χ0n) is 23.0. The number of carbonyl (C=O) groups is 3. The molecule has 0 spiro atoms. The van der Waals surface area contributed by atoms with Crippen molar-refractivity contribution in [1.82, 2.24) is 5.32 Å². The van der Waals surface area contributed by atoms with Gasteiger partial charge in [0.05, 0.1) is 28.4 Å². The van der Waals surface area contributed by atoms with Gasteiger partial charge in [-0.15, -0.1) is 0 Å². The van der Waals surface area contributed by atoms with Gasteiger partial charge in [-0.3, -0.25) is 29.8 Å². The first kappa shape index (κ1) is 31.7. The number of Topliss-reactive ketones (excluding diaryl/α,β-unsaturated/α-hetero) is 1. The Hall–Kier alpha value is -4.55. The highest BCUT2D eigenvalue weighted by Crippen LogP contribution is 2.28. The third kappa shape index (κ3) is 9.33. The number of nitro groups is 2. The van der Waals surface area contributed by atoms with E-state index in [-0.39, 0.29) is 30.7 Å². The Morgan fingerprint density at radius 2 is 1.55 bits per heavy atom. The number of aryl methyl sites for hydroxylation is 1. The number of ether oxygens (including phenoxy) is 2. The highest BCUT2D eigenvalue weighted by molar-refractivity contribution is 5.91. The lowest BCUT2D eigenvalue weighted by Crippen LogP contribution is -2.45. The van der Waals surface area contributed by atoms with Crippen LogP contribution in [0.5, 0.6) is 5.75 Å². The summed E-state index contributed by atoms with van der Waals surface area (Å²) in [6.07, 6.45) is -1.57. The van der Waals surface area contributed by atoms with Crippen molar-refractivity contribution < 1.29 is 38.8 Å². The van der Waals surface area contributed by atoms with E-state index in [1.165, 1.54) is 12.1 Å². The molecule has 1 amide bonds. The number of phenols is 1. The highest BCUT2D eigenvalue weighted by Gasteiger charge is 2.31. The fourth-order valence-corrected chi connectivity index (χ4v) is 3.92. The number of amides is 1. The molecule has 2 aromatic rings. The topological polar surface area (TPSA) is 188 Å². The van der Waals surface area contributed by atoms with Crippen LogP contribution in [0.15, 0.2) is 36.4 Å². The van der Waals surface area contributed by atoms with Gasteiger partial charge in [0.15, 0.2) is 11.5 Å². The molecule has 2 N–H and O–H groups in total. The molecule has 2 atom stereocenters. The number of hydrogen-bond donors (Lipinski definition) is 2. The molecule has 0 aliphatic heterocycles. The number of hydrogen-bond acceptors (Lipinski definition) is 10. The van der Waals surface area contributed by atoms with Crippen molar-refractivity contribution >= 4 is 29.2 Å². The number of nitrogens with one attached hydrogen (secondary N) is 1. The molecule has 40 heavy (non-hydrogen) atoms. The molecule has 0 aromatic heterocycles. The predicted molar refractivity (Wildman–Crippen MR) is 143 cm³/mol. The number of benzene rings is 2. The van der Waals surface area contributed by atoms with E-state index in [1.54, 1.807) is 46.8 Å². The van der Waals surface area contributed by atoms with Crippen molar-refractivity contribution in [2.45, 2.75) is 65.5 Å². The average molecular weight is 560 g/mol. The number of ketones is 1. The molecule has 0 heterocycles. The van der Waals surface area contributed by atoms with E-state index in [2.05, 4.69) is 5.32 Å². The van der Waals surface area contributed by atoms with Gasteiger partial charge in [-0.05, 0) is 58.2 Å². The lowest BCUT2D eigenvalue weighted by atomic mass is 9.90. The molecule has 0 aliphatic rings. The summed E-state index contributed by atoms with van der Waals surface area (Å²) < 4.78 is 10.4. The predicted octanol–water partition coefficient (Wildman–Crippen LogP) is 4.33. The first-order chi connectivity index (χ1) is 18.6. The maximum atomic E-state index is 13.5. The number of nitrogens with zero attached hydrogens (tertiary/aromatic N) is 2. The highest BCUT2D eigenvalue weighted by atomic mass is 16.6. The third-order valence-corrected chi connectivity index (χ3v) is 5.78. The van der Waals surface area contributed by atoms with Gasteiger partial charge in [-0.2, -0.15) is 0 Å². The SMILES string of the molecule is CCOC(=O)[C@@H](CC(=O)[C@H](Cc1ccc(O)c([N+](=O)[O-])c1)NC(=O)OC(C)(C)C)Cc1ccc(C)c([N+](=O)[O-])c1. The second-order valence-electron chi connectivity index (χ2n) is 10.2. The molecule has 0 bridgehead atoms. The zero-order chi connectivity index (χ0) is 30.2. The van der Waals surface area contributed by atoms with Crippen LogP contribution in [0.4, 0.5) is 16.2 Å². The van der Waals surface area contributed by atoms with Gasteiger partial charge in [-0.1, -0.05) is 18.2 Å². The van der Waals surface area contributed by atoms with Crippen LogP contribution >= 0.6 is 0 Å². The maximum Gasteiger partial charge on any atom is 0.408 e. The molecular weight excluding hydrogens is 526 g/mol. The fraction of sp³-hybridized carbons (Fsp3) is 0.444. The van der Waals surface area contributed by atoms with E-state index in [0.29, 0.717) is 11.1 Å². The van der Waals surface area contributed by atoms with Crippen molar-refractivity contribution in [2.75, 3.05) is 6.61 Å². The molecule has 0 aliphatic carbocycles. The van der Waals surface area contributed by atoms with E-state index in [1.807, 2.05) is 0 Å². The van der Waals surface area contributed by atoms with E-state index in [9.17, 15) is 39.7 Å². The number of nitro benzene ring substituents is 2. The van der Waals surface area contributed by atoms with Gasteiger partial charge < -0.3 is 19.9 Å². The fourth-order valence-electron chi connectivity index (χ4n) is 3.92. The number of rotatable bonds is 12. The minimum absolute atomic E-state index is 0.0360. The van der Waals surface area contributed by atoms with Crippen molar-refractivity contribution in [1.29, 1.82) is 0 Å². The quantitative estimate of drug-likeness (QED) is 0.215. The van der Waals surface area contributed by atoms with Gasteiger partial charge in [-0.25, -0.2) is 4.79 Å². The summed E-state index contributed by atoms with van der Waals surface area (Å²) in [5.41, 5.74) is -0.462. The Balaban J connectivity index is 2.39. The van der Waals surface area contributed by atoms with Crippen LogP contribution in [0.25, 0.3) is 0 Å². The van der Waals surface area contributed by atoms with Gasteiger partial charge in [0, 0.05) is 30.5 Å². The summed E-state index contributed by atoms with van der Waals surface area (Å²) >= 11 is 0. The van der Waals surface area contributed by atoms with Crippen LogP contribution in [0.2, 0.25) is 0 Å². The summed E-state index contributed by atoms with van der Waals surface area (Å²) in [6, 6.07) is 6.79. The molecule has 0 unspecified atom stereocenters. The van der Waals surface area contributed by atoms with Crippen LogP contribution in [0.1, 0.15) is 50.8 Å². The second-order valence-corrected chi connectivity index (χ2v) is 10.2. The molecule has 0 radical (unpaired) electrons. The van der Waals surface area contributed by atoms with Gasteiger partial charge in [0.1, 0.15) is 5.60 Å². The van der Waals surface area contributed by atoms with Crippen LogP contribution in [-0.2, 0) is 31.9 Å². The van der Waals surface area contributed by atoms with Crippen LogP contribution < -0.4 is 5.32 Å². The first-order valence-corrected chi connectivity index (χ1v) is 12.5. The van der Waals surface area contributed by atoms with Crippen molar-refractivity contribution in [2.24, 2.45) is 5.92 Å². The third-order valence-electron chi connectivity index (χ3n) is 5.78. The first-order valence-electron chi connectivity index (χ1n) is 12.5. The van der Waals surface area contributed by atoms with Crippen LogP contribution in [0.3, 0.4) is 0 Å². The summed E-state index contributed by atoms with van der Waals surface area (Å²) in [7, 11) is 0. The Labute approximate surface area is 230 Å². The lowest BCUT2D eigenvalue weighted by molar-refractivity contribution is -0.386. The maximum absolute atomic E-state index is 13.5. The summed E-state index contributed by atoms with van der Waals surface area (Å²) in [5, 5.41) is 34.9. The number of phenolic OH excluding ortho intramolecular Hbond substituents is 1. The molecule has 2 rings (SSSR count). The zero-order valence-corrected chi connectivity index (χ0v) is 23.0. The molecule has 13 heteroatoms. The van der Waals surface area contributed by atoms with E-state index in [0.717, 1.165) is 12.1 Å². The van der Waals surface area contributed by atoms with Crippen molar-refractivity contribution in [3.05, 3.63) is 73.3 Å². The van der Waals surface area contributed by atoms with Crippen LogP contribution in [0, 0.1) is 33.1 Å². The number of carbonyl (C=O) groups excluding carboxylic acids is 3. The Kier molecular flexibility index (Phi) is 10.7. The van der Waals surface area contributed by atoms with E-state index >= 15 is 0 Å². The molecule has 0 saturated carbocycles. The molecule has 2 aromatic carbocycles. The van der Waals surface area contributed by atoms with Crippen LogP contribution in [-0.4, -0.2) is 51.0 Å². The molecule has 0 fully saturated rings. The number of aromatic hydroxyl groups is 1. The molecular formula is C27H33N3O10. The molecule has 13 nitrogen and oxygen atoms in total. The molecule has 216 valence electrons. The Morgan fingerprint density at radius 3 is 2.12 bits per heavy atom. The normalized spacial score (nSPS) is 12.6. The number of alkyl carbamates (subject to hydrolysis) is 1. The van der Waals surface area contributed by atoms with Gasteiger partial charge in [0.2, 0.25) is 0 Å². The van der Waals surface area contributed by atoms with Gasteiger partial charge >= 0.3 is 17.7 Å². The lowest BCUT2D eigenvalue weighted by Gasteiger charge is -2.24. The Morgan fingerprint density at radius 1 is 0.975 bits per heavy atom. The standard InChI is InChI=1S/C27H33N3O10/c1-6-39-25(33)19(11-17-8-7-16(2)21(13-17)29(35)36)15-24(32)20(28-26(34)40-27(3,4)5)12-18-9-10-23(31)22(14-18)30(37)38/h7-10,13-14,19-20,31H,6,11-12,15H2,1-5H3,(H,28,34)/t19-,20+/m1/s1. The summed E-state index contributed by atoms with van der Waals surface area (Å²) in [4.78, 5) is 60.2. The molecule has 0 saturated heterocycles. The minimum Gasteiger partial charge on any atom is -0.502 e. The van der Waals surface area contributed by atoms with Gasteiger partial charge in [0.25, 0.3) is 5.69 Å². The van der Waals surface area contributed by atoms with E-state index < -0.39 is 63.1 Å². The largest absolute Gasteiger partial charge is 0.502 e. The minimum atomic E-state index is -1.26. The smallest absolute Gasteiger partial charge is 0.408 e. The number of esters is 1. The Bertz CT molecular complexity index is 1290. The average Bonchev–Trinajstić information content (AvgIpc) is 2.84. The summed E-state index contributed by atoms with van der Waals surface area (Å²) in [5.74, 6) is -2.89. The monoisotopic (exact) mass is 559 g/mol. The van der Waals surface area contributed by atoms with Crippen molar-refractivity contribution in [3.8, 4) is 5.75 Å². The van der Waals surface area contributed by atoms with Crippen molar-refractivity contribution in [3.63, 3.8) is 0 Å². The van der Waals surface area contributed by atoms with E-state index in [4.69, 9.17) is 9.47 Å². The second kappa shape index (κ2) is 13.5.